The monoisotopic (exact) mass is 195 g/mol. The van der Waals surface area contributed by atoms with E-state index >= 15 is 0 Å². The van der Waals surface area contributed by atoms with E-state index in [1.54, 1.807) is 24.3 Å². The number of amides is 1. The molecule has 1 aromatic rings. The van der Waals surface area contributed by atoms with Gasteiger partial charge in [0.05, 0.1) is 6.61 Å². The Balaban J connectivity index is 2.96. The summed E-state index contributed by atoms with van der Waals surface area (Å²) in [5, 5.41) is 20.8. The molecule has 0 fully saturated rings. The summed E-state index contributed by atoms with van der Waals surface area (Å²) in [6.07, 6.45) is -0.960. The Kier molecular flexibility index (Phi) is 3.62. The van der Waals surface area contributed by atoms with Crippen LogP contribution in [-0.4, -0.2) is 22.7 Å². The maximum atomic E-state index is 10.8. The van der Waals surface area contributed by atoms with E-state index in [4.69, 9.17) is 5.11 Å². The fraction of sp³-hybridized carbons (Fsp3) is 0.300. The number of para-hydroxylation sites is 1. The zero-order valence-electron chi connectivity index (χ0n) is 7.90. The molecule has 0 bridgehead atoms. The van der Waals surface area contributed by atoms with Gasteiger partial charge in [0.2, 0.25) is 5.91 Å². The van der Waals surface area contributed by atoms with Gasteiger partial charge in [-0.2, -0.15) is 0 Å². The second kappa shape index (κ2) is 4.74. The van der Waals surface area contributed by atoms with Crippen molar-refractivity contribution in [2.24, 2.45) is 0 Å². The Morgan fingerprint density at radius 3 is 2.71 bits per heavy atom. The molecule has 4 nitrogen and oxygen atoms in total. The van der Waals surface area contributed by atoms with Crippen LogP contribution < -0.4 is 5.32 Å². The number of carbonyl (C=O) groups excluding carboxylic acids is 1. The van der Waals surface area contributed by atoms with Crippen molar-refractivity contribution in [3.8, 4) is 0 Å². The second-order valence-corrected chi connectivity index (χ2v) is 2.97. The highest BCUT2D eigenvalue weighted by Crippen LogP contribution is 2.21. The minimum Gasteiger partial charge on any atom is -0.393 e. The molecule has 0 aliphatic heterocycles. The lowest BCUT2D eigenvalue weighted by Crippen LogP contribution is -2.11. The maximum absolute atomic E-state index is 10.8. The van der Waals surface area contributed by atoms with E-state index in [-0.39, 0.29) is 12.5 Å². The summed E-state index contributed by atoms with van der Waals surface area (Å²) in [6, 6.07) is 6.82. The highest BCUT2D eigenvalue weighted by molar-refractivity contribution is 5.89. The van der Waals surface area contributed by atoms with Crippen LogP contribution in [0.2, 0.25) is 0 Å². The normalized spacial score (nSPS) is 12.2. The number of hydrogen-bond acceptors (Lipinski definition) is 3. The van der Waals surface area contributed by atoms with E-state index in [9.17, 15) is 9.90 Å². The number of rotatable bonds is 3. The molecule has 0 radical (unpaired) electrons. The SMILES string of the molecule is CC(=O)Nc1ccccc1C(O)CO. The molecule has 1 aromatic carbocycles. The van der Waals surface area contributed by atoms with Crippen LogP contribution in [0.15, 0.2) is 24.3 Å². The summed E-state index contributed by atoms with van der Waals surface area (Å²) in [6.45, 7) is 1.03. The van der Waals surface area contributed by atoms with Crippen molar-refractivity contribution < 1.29 is 15.0 Å². The maximum Gasteiger partial charge on any atom is 0.221 e. The minimum atomic E-state index is -0.960. The van der Waals surface area contributed by atoms with Crippen LogP contribution in [0.1, 0.15) is 18.6 Å². The first-order valence-corrected chi connectivity index (χ1v) is 4.30. The van der Waals surface area contributed by atoms with Crippen LogP contribution in [0.5, 0.6) is 0 Å². The Morgan fingerprint density at radius 2 is 2.14 bits per heavy atom. The molecule has 0 saturated carbocycles. The third-order valence-electron chi connectivity index (χ3n) is 1.80. The molecule has 0 aliphatic carbocycles. The number of benzene rings is 1. The Morgan fingerprint density at radius 1 is 1.50 bits per heavy atom. The molecular formula is C10H13NO3. The van der Waals surface area contributed by atoms with Gasteiger partial charge in [-0.25, -0.2) is 0 Å². The predicted octanol–water partition coefficient (Wildman–Crippen LogP) is 0.671. The van der Waals surface area contributed by atoms with Gasteiger partial charge in [-0.1, -0.05) is 18.2 Å². The number of carbonyl (C=O) groups is 1. The molecule has 4 heteroatoms. The Labute approximate surface area is 82.2 Å². The van der Waals surface area contributed by atoms with Crippen LogP contribution in [0.25, 0.3) is 0 Å². The molecule has 1 amide bonds. The Bertz CT molecular complexity index is 325. The molecule has 1 unspecified atom stereocenters. The highest BCUT2D eigenvalue weighted by atomic mass is 16.3. The van der Waals surface area contributed by atoms with Gasteiger partial charge in [-0.3, -0.25) is 4.79 Å². The van der Waals surface area contributed by atoms with Gasteiger partial charge in [-0.15, -0.1) is 0 Å². The smallest absolute Gasteiger partial charge is 0.221 e. The third-order valence-corrected chi connectivity index (χ3v) is 1.80. The quantitative estimate of drug-likeness (QED) is 0.664. The van der Waals surface area contributed by atoms with Crippen LogP contribution in [-0.2, 0) is 4.79 Å². The predicted molar refractivity (Wildman–Crippen MR) is 52.8 cm³/mol. The number of hydrogen-bond donors (Lipinski definition) is 3. The van der Waals surface area contributed by atoms with Gasteiger partial charge in [-0.05, 0) is 6.07 Å². The summed E-state index contributed by atoms with van der Waals surface area (Å²) >= 11 is 0. The first-order valence-electron chi connectivity index (χ1n) is 4.30. The summed E-state index contributed by atoms with van der Waals surface area (Å²) in [4.78, 5) is 10.8. The largest absolute Gasteiger partial charge is 0.393 e. The molecular weight excluding hydrogens is 182 g/mol. The van der Waals surface area contributed by atoms with Gasteiger partial charge in [0.25, 0.3) is 0 Å². The minimum absolute atomic E-state index is 0.206. The average molecular weight is 195 g/mol. The third kappa shape index (κ3) is 2.55. The number of aliphatic hydroxyl groups excluding tert-OH is 2. The van der Waals surface area contributed by atoms with Gasteiger partial charge >= 0.3 is 0 Å². The zero-order chi connectivity index (χ0) is 10.6. The van der Waals surface area contributed by atoms with Gasteiger partial charge in [0.1, 0.15) is 6.10 Å². The van der Waals surface area contributed by atoms with Gasteiger partial charge in [0.15, 0.2) is 0 Å². The van der Waals surface area contributed by atoms with E-state index in [1.165, 1.54) is 6.92 Å². The zero-order valence-corrected chi connectivity index (χ0v) is 7.90. The molecule has 1 rings (SSSR count). The van der Waals surface area contributed by atoms with E-state index < -0.39 is 6.10 Å². The molecule has 14 heavy (non-hydrogen) atoms. The van der Waals surface area contributed by atoms with Crippen molar-refractivity contribution in [1.82, 2.24) is 0 Å². The summed E-state index contributed by atoms with van der Waals surface area (Å²) in [5.41, 5.74) is 1.05. The number of aliphatic hydroxyl groups is 2. The van der Waals surface area contributed by atoms with Crippen molar-refractivity contribution in [3.63, 3.8) is 0 Å². The van der Waals surface area contributed by atoms with Crippen LogP contribution in [0, 0.1) is 0 Å². The van der Waals surface area contributed by atoms with Crippen LogP contribution >= 0.6 is 0 Å². The molecule has 0 saturated heterocycles. The lowest BCUT2D eigenvalue weighted by atomic mass is 10.1. The molecule has 0 spiro atoms. The highest BCUT2D eigenvalue weighted by Gasteiger charge is 2.10. The van der Waals surface area contributed by atoms with Crippen LogP contribution in [0.4, 0.5) is 5.69 Å². The second-order valence-electron chi connectivity index (χ2n) is 2.97. The first kappa shape index (κ1) is 10.7. The lowest BCUT2D eigenvalue weighted by molar-refractivity contribution is -0.114. The number of nitrogens with one attached hydrogen (secondary N) is 1. The summed E-state index contributed by atoms with van der Waals surface area (Å²) in [5.74, 6) is -0.206. The molecule has 0 aliphatic rings. The van der Waals surface area contributed by atoms with Crippen LogP contribution in [0.3, 0.4) is 0 Å². The fourth-order valence-corrected chi connectivity index (χ4v) is 1.19. The molecule has 0 aromatic heterocycles. The van der Waals surface area contributed by atoms with Crippen molar-refractivity contribution in [2.75, 3.05) is 11.9 Å². The average Bonchev–Trinajstić information content (AvgIpc) is 2.16. The summed E-state index contributed by atoms with van der Waals surface area (Å²) < 4.78 is 0. The van der Waals surface area contributed by atoms with Crippen molar-refractivity contribution in [1.29, 1.82) is 0 Å². The van der Waals surface area contributed by atoms with E-state index in [0.717, 1.165) is 0 Å². The van der Waals surface area contributed by atoms with E-state index in [2.05, 4.69) is 5.32 Å². The van der Waals surface area contributed by atoms with E-state index in [0.29, 0.717) is 11.3 Å². The van der Waals surface area contributed by atoms with Crippen molar-refractivity contribution in [3.05, 3.63) is 29.8 Å². The van der Waals surface area contributed by atoms with Crippen molar-refractivity contribution in [2.45, 2.75) is 13.0 Å². The molecule has 1 atom stereocenters. The van der Waals surface area contributed by atoms with Gasteiger partial charge < -0.3 is 15.5 Å². The molecule has 76 valence electrons. The fourth-order valence-electron chi connectivity index (χ4n) is 1.19. The van der Waals surface area contributed by atoms with E-state index in [1.807, 2.05) is 0 Å². The topological polar surface area (TPSA) is 69.6 Å². The standard InChI is InChI=1S/C10H13NO3/c1-7(13)11-9-5-3-2-4-8(9)10(14)6-12/h2-5,10,12,14H,6H2,1H3,(H,11,13). The molecule has 3 N–H and O–H groups in total. The first-order chi connectivity index (χ1) is 6.65. The number of anilines is 1. The summed E-state index contributed by atoms with van der Waals surface area (Å²) in [7, 11) is 0. The van der Waals surface area contributed by atoms with Crippen molar-refractivity contribution >= 4 is 11.6 Å². The Hall–Kier alpha value is -1.39. The lowest BCUT2D eigenvalue weighted by Gasteiger charge is -2.13. The van der Waals surface area contributed by atoms with Gasteiger partial charge in [0, 0.05) is 18.2 Å². The molecule has 0 heterocycles.